The molecule has 2 aromatic heterocycles. The summed E-state index contributed by atoms with van der Waals surface area (Å²) < 4.78 is 45.9. The number of amides is 1. The molecule has 39 heavy (non-hydrogen) atoms. The Balaban J connectivity index is 1.51. The molecule has 5 rings (SSSR count). The highest BCUT2D eigenvalue weighted by molar-refractivity contribution is 7.90. The highest BCUT2D eigenvalue weighted by Crippen LogP contribution is 2.30. The van der Waals surface area contributed by atoms with Crippen LogP contribution < -0.4 is 10.4 Å². The van der Waals surface area contributed by atoms with Gasteiger partial charge in [0.05, 0.1) is 17.6 Å². The third-order valence-corrected chi connectivity index (χ3v) is 9.27. The molecule has 7 nitrogen and oxygen atoms in total. The maximum atomic E-state index is 14.1. The number of halogens is 1. The minimum atomic E-state index is -4.41. The van der Waals surface area contributed by atoms with E-state index in [0.29, 0.717) is 24.9 Å². The molecule has 0 aliphatic rings. The summed E-state index contributed by atoms with van der Waals surface area (Å²) >= 11 is 1.63. The van der Waals surface area contributed by atoms with Gasteiger partial charge in [-0.2, -0.15) is 0 Å². The lowest BCUT2D eigenvalue weighted by Gasteiger charge is -2.18. The summed E-state index contributed by atoms with van der Waals surface area (Å²) in [4.78, 5) is 26.3. The van der Waals surface area contributed by atoms with Crippen LogP contribution in [0.5, 0.6) is 0 Å². The summed E-state index contributed by atoms with van der Waals surface area (Å²) in [7, 11) is -4.41. The Morgan fingerprint density at radius 1 is 1.03 bits per heavy atom. The van der Waals surface area contributed by atoms with Crippen molar-refractivity contribution in [3.8, 4) is 0 Å². The van der Waals surface area contributed by atoms with Crippen LogP contribution in [0.25, 0.3) is 21.1 Å². The predicted molar refractivity (Wildman–Crippen MR) is 152 cm³/mol. The standard InChI is InChI=1S/C29H28FN3O4S2/c1-3-9-21(16-27(34)31-39(36,37)26-15-7-4-11-22(26)30)33-24-13-6-5-12-23(24)32(29(33)35)17-20-18-38-25-14-8-10-19(2)28(20)25/h4-8,10-15,18,21H,3,9,16-17H2,1-2H3,(H,31,34). The number of carbonyl (C=O) groups is 1. The van der Waals surface area contributed by atoms with Crippen molar-refractivity contribution in [2.45, 2.75) is 50.6 Å². The lowest BCUT2D eigenvalue weighted by Crippen LogP contribution is -2.35. The molecule has 0 radical (unpaired) electrons. The second-order valence-corrected chi connectivity index (χ2v) is 12.1. The number of hydrogen-bond acceptors (Lipinski definition) is 5. The summed E-state index contributed by atoms with van der Waals surface area (Å²) in [5.41, 5.74) is 3.31. The van der Waals surface area contributed by atoms with Crippen molar-refractivity contribution >= 4 is 48.4 Å². The van der Waals surface area contributed by atoms with E-state index in [0.717, 1.165) is 38.9 Å². The smallest absolute Gasteiger partial charge is 0.288 e. The normalized spacial score (nSPS) is 12.7. The van der Waals surface area contributed by atoms with E-state index in [2.05, 4.69) is 24.4 Å². The molecule has 1 amide bonds. The van der Waals surface area contributed by atoms with Gasteiger partial charge in [0.25, 0.3) is 10.0 Å². The number of hydrogen-bond donors (Lipinski definition) is 1. The van der Waals surface area contributed by atoms with E-state index >= 15 is 0 Å². The van der Waals surface area contributed by atoms with E-state index < -0.39 is 32.7 Å². The zero-order valence-electron chi connectivity index (χ0n) is 21.6. The van der Waals surface area contributed by atoms with Crippen molar-refractivity contribution in [1.29, 1.82) is 0 Å². The Bertz CT molecular complexity index is 1850. The fraction of sp³-hybridized carbons (Fsp3) is 0.241. The molecule has 1 N–H and O–H groups in total. The van der Waals surface area contributed by atoms with Gasteiger partial charge in [0, 0.05) is 22.5 Å². The Hall–Kier alpha value is -3.76. The lowest BCUT2D eigenvalue weighted by molar-refractivity contribution is -0.120. The number of carbonyl (C=O) groups excluding carboxylic acids is 1. The zero-order valence-corrected chi connectivity index (χ0v) is 23.2. The third-order valence-electron chi connectivity index (χ3n) is 6.86. The number of rotatable bonds is 9. The van der Waals surface area contributed by atoms with Gasteiger partial charge in [0.1, 0.15) is 10.7 Å². The van der Waals surface area contributed by atoms with Gasteiger partial charge in [0.15, 0.2) is 0 Å². The molecule has 5 aromatic rings. The van der Waals surface area contributed by atoms with Crippen LogP contribution in [0.2, 0.25) is 0 Å². The molecule has 0 aliphatic heterocycles. The van der Waals surface area contributed by atoms with Crippen molar-refractivity contribution in [3.63, 3.8) is 0 Å². The average molecular weight is 566 g/mol. The van der Waals surface area contributed by atoms with Crippen LogP contribution >= 0.6 is 11.3 Å². The fourth-order valence-corrected chi connectivity index (χ4v) is 7.25. The SMILES string of the molecule is CCCC(CC(=O)NS(=O)(=O)c1ccccc1F)n1c(=O)n(Cc2csc3cccc(C)c23)c2ccccc21. The zero-order chi connectivity index (χ0) is 27.7. The quantitative estimate of drug-likeness (QED) is 0.246. The number of imidazole rings is 1. The van der Waals surface area contributed by atoms with Crippen LogP contribution in [-0.2, 0) is 21.4 Å². The molecule has 3 aromatic carbocycles. The van der Waals surface area contributed by atoms with Crippen LogP contribution in [-0.4, -0.2) is 23.5 Å². The minimum Gasteiger partial charge on any atom is -0.288 e. The molecular formula is C29H28FN3O4S2. The van der Waals surface area contributed by atoms with E-state index in [4.69, 9.17) is 0 Å². The van der Waals surface area contributed by atoms with Gasteiger partial charge >= 0.3 is 5.69 Å². The summed E-state index contributed by atoms with van der Waals surface area (Å²) in [6.07, 6.45) is 0.885. The number of sulfonamides is 1. The second kappa shape index (κ2) is 10.8. The number of nitrogens with one attached hydrogen (secondary N) is 1. The monoisotopic (exact) mass is 565 g/mol. The first-order valence-corrected chi connectivity index (χ1v) is 15.0. The van der Waals surface area contributed by atoms with Crippen LogP contribution in [0, 0.1) is 12.7 Å². The summed E-state index contributed by atoms with van der Waals surface area (Å²) in [5.74, 6) is -1.75. The van der Waals surface area contributed by atoms with Gasteiger partial charge in [-0.15, -0.1) is 11.3 Å². The van der Waals surface area contributed by atoms with E-state index in [1.807, 2.05) is 42.0 Å². The van der Waals surface area contributed by atoms with Gasteiger partial charge < -0.3 is 0 Å². The first kappa shape index (κ1) is 26.8. The number of benzene rings is 3. The highest BCUT2D eigenvalue weighted by atomic mass is 32.2. The maximum absolute atomic E-state index is 14.1. The van der Waals surface area contributed by atoms with Gasteiger partial charge in [-0.3, -0.25) is 13.9 Å². The van der Waals surface area contributed by atoms with Crippen molar-refractivity contribution in [3.05, 3.63) is 99.5 Å². The van der Waals surface area contributed by atoms with Crippen molar-refractivity contribution in [1.82, 2.24) is 13.9 Å². The van der Waals surface area contributed by atoms with E-state index in [1.54, 1.807) is 20.5 Å². The molecule has 1 unspecified atom stereocenters. The molecule has 0 spiro atoms. The van der Waals surface area contributed by atoms with Crippen molar-refractivity contribution in [2.24, 2.45) is 0 Å². The Kier molecular flexibility index (Phi) is 7.42. The molecule has 0 bridgehead atoms. The van der Waals surface area contributed by atoms with Gasteiger partial charge in [-0.25, -0.2) is 22.3 Å². The number of thiophene rings is 1. The van der Waals surface area contributed by atoms with Crippen LogP contribution in [0.3, 0.4) is 0 Å². The molecule has 1 atom stereocenters. The first-order chi connectivity index (χ1) is 18.7. The van der Waals surface area contributed by atoms with E-state index in [1.165, 1.54) is 12.1 Å². The molecule has 0 saturated carbocycles. The molecule has 10 heteroatoms. The molecule has 0 fully saturated rings. The van der Waals surface area contributed by atoms with E-state index in [9.17, 15) is 22.4 Å². The first-order valence-electron chi connectivity index (χ1n) is 12.7. The number of nitrogens with zero attached hydrogens (tertiary/aromatic N) is 2. The van der Waals surface area contributed by atoms with Crippen LogP contribution in [0.4, 0.5) is 4.39 Å². The summed E-state index contributed by atoms with van der Waals surface area (Å²) in [6.45, 7) is 4.35. The largest absolute Gasteiger partial charge is 0.329 e. The molecule has 202 valence electrons. The van der Waals surface area contributed by atoms with Crippen LogP contribution in [0.15, 0.2) is 81.8 Å². The average Bonchev–Trinajstić information content (AvgIpc) is 3.43. The topological polar surface area (TPSA) is 90.2 Å². The van der Waals surface area contributed by atoms with Gasteiger partial charge in [-0.05, 0) is 60.2 Å². The predicted octanol–water partition coefficient (Wildman–Crippen LogP) is 5.75. The summed E-state index contributed by atoms with van der Waals surface area (Å²) in [6, 6.07) is 17.8. The Morgan fingerprint density at radius 3 is 2.49 bits per heavy atom. The number of para-hydroxylation sites is 2. The Labute approximate surface area is 229 Å². The maximum Gasteiger partial charge on any atom is 0.329 e. The molecular weight excluding hydrogens is 537 g/mol. The Morgan fingerprint density at radius 2 is 1.74 bits per heavy atom. The lowest BCUT2D eigenvalue weighted by atomic mass is 10.1. The van der Waals surface area contributed by atoms with Gasteiger partial charge in [-0.1, -0.05) is 49.7 Å². The second-order valence-electron chi connectivity index (χ2n) is 9.54. The fourth-order valence-electron chi connectivity index (χ4n) is 5.15. The third kappa shape index (κ3) is 5.14. The molecule has 0 saturated heterocycles. The van der Waals surface area contributed by atoms with Gasteiger partial charge in [0.2, 0.25) is 5.91 Å². The number of aromatic nitrogens is 2. The number of fused-ring (bicyclic) bond motifs is 2. The van der Waals surface area contributed by atoms with Crippen molar-refractivity contribution < 1.29 is 17.6 Å². The molecule has 2 heterocycles. The molecule has 0 aliphatic carbocycles. The minimum absolute atomic E-state index is 0.254. The van der Waals surface area contributed by atoms with Crippen LogP contribution in [0.1, 0.15) is 43.4 Å². The highest BCUT2D eigenvalue weighted by Gasteiger charge is 2.26. The van der Waals surface area contributed by atoms with E-state index in [-0.39, 0.29) is 12.1 Å². The summed E-state index contributed by atoms with van der Waals surface area (Å²) in [5, 5.41) is 3.20. The van der Waals surface area contributed by atoms with Crippen molar-refractivity contribution in [2.75, 3.05) is 0 Å². The number of aryl methyl sites for hydroxylation is 1.